The van der Waals surface area contributed by atoms with E-state index in [0.29, 0.717) is 32.5 Å². The van der Waals surface area contributed by atoms with E-state index in [2.05, 4.69) is 34.1 Å². The summed E-state index contributed by atoms with van der Waals surface area (Å²) in [5, 5.41) is 36.9. The minimum atomic E-state index is 0.287. The Morgan fingerprint density at radius 2 is 1.77 bits per heavy atom. The van der Waals surface area contributed by atoms with E-state index in [4.69, 9.17) is 16.2 Å². The first-order valence-electron chi connectivity index (χ1n) is 8.31. The first-order valence-corrected chi connectivity index (χ1v) is 9.79. The van der Waals surface area contributed by atoms with Gasteiger partial charge in [-0.05, 0) is 49.7 Å². The molecule has 13 heteroatoms. The predicted molar refractivity (Wildman–Crippen MR) is 109 cm³/mol. The quantitative estimate of drug-likeness (QED) is 0.168. The first-order chi connectivity index (χ1) is 14.5. The predicted octanol–water partition coefficient (Wildman–Crippen LogP) is 5.34. The van der Waals surface area contributed by atoms with Crippen LogP contribution in [0.1, 0.15) is 11.3 Å². The fourth-order valence-electron chi connectivity index (χ4n) is 2.51. The van der Waals surface area contributed by atoms with Crippen molar-refractivity contribution in [2.24, 2.45) is 10.2 Å². The second kappa shape index (κ2) is 10.5. The molecule has 3 aromatic rings. The van der Waals surface area contributed by atoms with Crippen LogP contribution in [0.5, 0.6) is 0 Å². The van der Waals surface area contributed by atoms with Crippen molar-refractivity contribution >= 4 is 41.3 Å². The van der Waals surface area contributed by atoms with Gasteiger partial charge >= 0.3 is 0 Å². The lowest BCUT2D eigenvalue weighted by molar-refractivity contribution is -0.432. The average Bonchev–Trinajstić information content (AvgIpc) is 3.03. The molecule has 4 N–H and O–H groups in total. The van der Waals surface area contributed by atoms with Crippen LogP contribution in [0.4, 0.5) is 17.2 Å². The molecule has 0 bridgehead atoms. The van der Waals surface area contributed by atoms with Crippen molar-refractivity contribution in [3.05, 3.63) is 53.7 Å². The van der Waals surface area contributed by atoms with Crippen LogP contribution >= 0.6 is 24.1 Å². The molecule has 0 radical (unpaired) electrons. The Labute approximate surface area is 179 Å². The third kappa shape index (κ3) is 5.35. The zero-order chi connectivity index (χ0) is 21.5. The molecule has 0 aliphatic heterocycles. The van der Waals surface area contributed by atoms with Crippen molar-refractivity contribution in [3.63, 3.8) is 0 Å². The molecule has 30 heavy (non-hydrogen) atoms. The van der Waals surface area contributed by atoms with E-state index in [-0.39, 0.29) is 5.82 Å². The summed E-state index contributed by atoms with van der Waals surface area (Å²) in [5.41, 5.74) is 9.35. The highest BCUT2D eigenvalue weighted by Crippen LogP contribution is 2.35. The van der Waals surface area contributed by atoms with Crippen LogP contribution in [-0.2, 0) is 18.7 Å². The van der Waals surface area contributed by atoms with Gasteiger partial charge in [-0.2, -0.15) is 5.10 Å². The lowest BCUT2D eigenvalue weighted by Crippen LogP contribution is -2.01. The van der Waals surface area contributed by atoms with E-state index in [9.17, 15) is 0 Å². The number of hydrogen-bond acceptors (Lipinski definition) is 12. The molecular weight excluding hydrogens is 434 g/mol. The second-order valence-corrected chi connectivity index (χ2v) is 7.37. The zero-order valence-electron chi connectivity index (χ0n) is 15.8. The molecule has 1 aromatic heterocycles. The highest BCUT2D eigenvalue weighted by molar-refractivity contribution is 7.94. The first kappa shape index (κ1) is 22.2. The maximum atomic E-state index is 8.38. The molecule has 1 heterocycles. The van der Waals surface area contributed by atoms with Crippen LogP contribution in [0.2, 0.25) is 0 Å². The maximum Gasteiger partial charge on any atom is 0.155 e. The van der Waals surface area contributed by atoms with Gasteiger partial charge in [0.1, 0.15) is 5.69 Å². The number of hydrogen-bond donors (Lipinski definition) is 3. The molecule has 2 aromatic carbocycles. The number of anilines is 1. The van der Waals surface area contributed by atoms with Gasteiger partial charge in [-0.1, -0.05) is 22.2 Å². The molecule has 0 aliphatic rings. The topological polar surface area (TPSA) is 146 Å². The smallest absolute Gasteiger partial charge is 0.155 e. The van der Waals surface area contributed by atoms with Crippen LogP contribution in [0, 0.1) is 13.8 Å². The molecule has 0 amide bonds. The fourth-order valence-corrected chi connectivity index (χ4v) is 3.34. The molecule has 0 aliphatic carbocycles. The molecule has 0 atom stereocenters. The molecule has 3 rings (SSSR count). The lowest BCUT2D eigenvalue weighted by Gasteiger charge is -2.06. The minimum absolute atomic E-state index is 0.287. The maximum absolute atomic E-state index is 8.38. The van der Waals surface area contributed by atoms with E-state index >= 15 is 0 Å². The molecule has 158 valence electrons. The Hall–Kier alpha value is -2.49. The summed E-state index contributed by atoms with van der Waals surface area (Å²) in [5.74, 6) is 0.287. The Morgan fingerprint density at radius 3 is 2.53 bits per heavy atom. The summed E-state index contributed by atoms with van der Waals surface area (Å²) in [6, 6.07) is 12.5. The standard InChI is InChI=1S/C17H17N5O6S2/c1-10-6-7-15(30-28-26-24)14(8-10)19-20-16-11(2)21-22(17(16)18)12-4-3-5-13(9-12)29-27-25-23/h3-9,23-24H,18H2,1-2H3. The second-order valence-electron chi connectivity index (χ2n) is 5.85. The lowest BCUT2D eigenvalue weighted by atomic mass is 10.2. The number of aromatic nitrogens is 2. The summed E-state index contributed by atoms with van der Waals surface area (Å²) in [6.07, 6.45) is 0. The van der Waals surface area contributed by atoms with Crippen molar-refractivity contribution in [1.29, 1.82) is 0 Å². The average molecular weight is 451 g/mol. The zero-order valence-corrected chi connectivity index (χ0v) is 17.4. The normalized spacial score (nSPS) is 11.5. The molecular formula is C17H17N5O6S2. The Kier molecular flexibility index (Phi) is 7.78. The van der Waals surface area contributed by atoms with Crippen molar-refractivity contribution < 1.29 is 29.3 Å². The summed E-state index contributed by atoms with van der Waals surface area (Å²) in [6.45, 7) is 3.67. The Morgan fingerprint density at radius 1 is 1.00 bits per heavy atom. The molecule has 0 spiro atoms. The highest BCUT2D eigenvalue weighted by Gasteiger charge is 2.15. The fraction of sp³-hybridized carbons (Fsp3) is 0.118. The van der Waals surface area contributed by atoms with E-state index in [1.54, 1.807) is 43.3 Å². The largest absolute Gasteiger partial charge is 0.382 e. The van der Waals surface area contributed by atoms with Gasteiger partial charge < -0.3 is 5.73 Å². The van der Waals surface area contributed by atoms with Crippen molar-refractivity contribution in [2.45, 2.75) is 23.6 Å². The van der Waals surface area contributed by atoms with Gasteiger partial charge in [0, 0.05) is 4.90 Å². The van der Waals surface area contributed by atoms with Gasteiger partial charge in [0.25, 0.3) is 0 Å². The van der Waals surface area contributed by atoms with Crippen LogP contribution in [-0.4, -0.2) is 20.3 Å². The Balaban J connectivity index is 1.91. The van der Waals surface area contributed by atoms with Crippen molar-refractivity contribution in [3.8, 4) is 5.69 Å². The number of rotatable bonds is 9. The number of benzene rings is 2. The van der Waals surface area contributed by atoms with Gasteiger partial charge in [0.05, 0.1) is 40.4 Å². The van der Waals surface area contributed by atoms with Crippen molar-refractivity contribution in [1.82, 2.24) is 9.78 Å². The Bertz CT molecular complexity index is 1050. The van der Waals surface area contributed by atoms with E-state index in [0.717, 1.165) is 29.6 Å². The molecule has 0 unspecified atom stereocenters. The van der Waals surface area contributed by atoms with Gasteiger partial charge in [0.2, 0.25) is 0 Å². The van der Waals surface area contributed by atoms with E-state index in [1.807, 2.05) is 13.0 Å². The summed E-state index contributed by atoms with van der Waals surface area (Å²) >= 11 is 1.61. The minimum Gasteiger partial charge on any atom is -0.382 e. The third-order valence-corrected chi connectivity index (χ3v) is 5.04. The van der Waals surface area contributed by atoms with E-state index < -0.39 is 0 Å². The highest BCUT2D eigenvalue weighted by atomic mass is 32.2. The molecule has 11 nitrogen and oxygen atoms in total. The molecule has 0 fully saturated rings. The van der Waals surface area contributed by atoms with Gasteiger partial charge in [0.15, 0.2) is 11.5 Å². The van der Waals surface area contributed by atoms with Gasteiger partial charge in [-0.3, -0.25) is 0 Å². The number of nitrogen functional groups attached to an aromatic ring is 1. The number of azo groups is 1. The van der Waals surface area contributed by atoms with Gasteiger partial charge in [-0.25, -0.2) is 15.2 Å². The van der Waals surface area contributed by atoms with E-state index in [1.165, 1.54) is 4.68 Å². The monoisotopic (exact) mass is 451 g/mol. The SMILES string of the molecule is Cc1ccc(SOOO)c(N=Nc2c(C)nn(-c3cccc(SOOO)c3)c2N)c1. The van der Waals surface area contributed by atoms with Crippen LogP contribution in [0.15, 0.2) is 62.5 Å². The number of aryl methyl sites for hydroxylation is 2. The summed E-state index contributed by atoms with van der Waals surface area (Å²) < 4.78 is 10.5. The number of nitrogens with zero attached hydrogens (tertiary/aromatic N) is 4. The number of nitrogens with two attached hydrogens (primary N) is 1. The summed E-state index contributed by atoms with van der Waals surface area (Å²) in [4.78, 5) is 1.24. The molecule has 0 saturated carbocycles. The van der Waals surface area contributed by atoms with Gasteiger partial charge in [-0.15, -0.1) is 18.9 Å². The summed E-state index contributed by atoms with van der Waals surface area (Å²) in [7, 11) is 0. The van der Waals surface area contributed by atoms with Crippen molar-refractivity contribution in [2.75, 3.05) is 5.73 Å². The third-order valence-electron chi connectivity index (χ3n) is 3.81. The van der Waals surface area contributed by atoms with Crippen LogP contribution in [0.3, 0.4) is 0 Å². The van der Waals surface area contributed by atoms with Crippen LogP contribution < -0.4 is 5.73 Å². The van der Waals surface area contributed by atoms with Crippen LogP contribution in [0.25, 0.3) is 5.69 Å². The molecule has 0 saturated heterocycles.